The standard InChI is InChI=1S/C27H36F3N5O/c1-19-17-35(16-15-33(19)12-9-22-5-7-23(8-6-22)27(28,29)30)26(4)10-13-34(14-11-26)25(36)24-20(2)31-18-32-21(24)3/h5-8,18-19H,9-17H2,1-4H3/t19-/m0/s1. The van der Waals surface area contributed by atoms with Gasteiger partial charge in [-0.1, -0.05) is 12.1 Å². The lowest BCUT2D eigenvalue weighted by Crippen LogP contribution is -2.62. The SMILES string of the molecule is Cc1ncnc(C)c1C(=O)N1CCC(C)(N2CCN(CCc3ccc(C(F)(F)F)cc3)[C@@H](C)C2)CC1. The summed E-state index contributed by atoms with van der Waals surface area (Å²) >= 11 is 0. The molecule has 0 aliphatic carbocycles. The third-order valence-corrected chi connectivity index (χ3v) is 8.07. The quantitative estimate of drug-likeness (QED) is 0.607. The van der Waals surface area contributed by atoms with E-state index in [-0.39, 0.29) is 11.4 Å². The van der Waals surface area contributed by atoms with Crippen molar-refractivity contribution in [3.8, 4) is 0 Å². The van der Waals surface area contributed by atoms with Gasteiger partial charge in [0.2, 0.25) is 0 Å². The molecule has 2 aromatic rings. The van der Waals surface area contributed by atoms with Crippen molar-refractivity contribution in [3.63, 3.8) is 0 Å². The number of halogens is 3. The predicted molar refractivity (Wildman–Crippen MR) is 133 cm³/mol. The molecule has 9 heteroatoms. The zero-order chi connectivity index (χ0) is 26.1. The van der Waals surface area contributed by atoms with Crippen molar-refractivity contribution in [1.82, 2.24) is 24.7 Å². The van der Waals surface area contributed by atoms with Crippen LogP contribution in [0.1, 0.15) is 59.6 Å². The minimum Gasteiger partial charge on any atom is -0.338 e. The highest BCUT2D eigenvalue weighted by molar-refractivity contribution is 5.96. The number of hydrogen-bond donors (Lipinski definition) is 0. The van der Waals surface area contributed by atoms with Crippen LogP contribution in [0.2, 0.25) is 0 Å². The van der Waals surface area contributed by atoms with Crippen LogP contribution >= 0.6 is 0 Å². The van der Waals surface area contributed by atoms with Crippen molar-refractivity contribution >= 4 is 5.91 Å². The van der Waals surface area contributed by atoms with Crippen LogP contribution in [0.4, 0.5) is 13.2 Å². The van der Waals surface area contributed by atoms with E-state index in [1.807, 2.05) is 18.7 Å². The van der Waals surface area contributed by atoms with Crippen molar-refractivity contribution < 1.29 is 18.0 Å². The lowest BCUT2D eigenvalue weighted by Gasteiger charge is -2.51. The number of nitrogens with zero attached hydrogens (tertiary/aromatic N) is 5. The first-order valence-electron chi connectivity index (χ1n) is 12.7. The molecule has 0 unspecified atom stereocenters. The second-order valence-electron chi connectivity index (χ2n) is 10.5. The fourth-order valence-corrected chi connectivity index (χ4v) is 5.52. The Morgan fingerprint density at radius 3 is 2.19 bits per heavy atom. The molecule has 6 nitrogen and oxygen atoms in total. The number of carbonyl (C=O) groups is 1. The smallest absolute Gasteiger partial charge is 0.338 e. The number of amides is 1. The summed E-state index contributed by atoms with van der Waals surface area (Å²) < 4.78 is 38.4. The van der Waals surface area contributed by atoms with E-state index in [0.717, 1.165) is 62.4 Å². The minimum atomic E-state index is -4.29. The average Bonchev–Trinajstić information content (AvgIpc) is 2.83. The van der Waals surface area contributed by atoms with Gasteiger partial charge in [0.1, 0.15) is 6.33 Å². The second-order valence-corrected chi connectivity index (χ2v) is 10.5. The van der Waals surface area contributed by atoms with E-state index in [1.165, 1.54) is 18.5 Å². The van der Waals surface area contributed by atoms with Crippen LogP contribution in [0.3, 0.4) is 0 Å². The molecule has 36 heavy (non-hydrogen) atoms. The topological polar surface area (TPSA) is 52.6 Å². The van der Waals surface area contributed by atoms with Crippen molar-refractivity contribution in [2.75, 3.05) is 39.3 Å². The summed E-state index contributed by atoms with van der Waals surface area (Å²) in [5, 5.41) is 0. The van der Waals surface area contributed by atoms with Gasteiger partial charge in [-0.25, -0.2) is 9.97 Å². The van der Waals surface area contributed by atoms with E-state index in [2.05, 4.69) is 33.6 Å². The monoisotopic (exact) mass is 503 g/mol. The molecular weight excluding hydrogens is 467 g/mol. The van der Waals surface area contributed by atoms with Gasteiger partial charge in [-0.15, -0.1) is 0 Å². The maximum Gasteiger partial charge on any atom is 0.416 e. The Bertz CT molecular complexity index is 1040. The summed E-state index contributed by atoms with van der Waals surface area (Å²) in [6.45, 7) is 13.3. The predicted octanol–water partition coefficient (Wildman–Crippen LogP) is 4.36. The zero-order valence-corrected chi connectivity index (χ0v) is 21.6. The highest BCUT2D eigenvalue weighted by Gasteiger charge is 2.40. The highest BCUT2D eigenvalue weighted by Crippen LogP contribution is 2.32. The summed E-state index contributed by atoms with van der Waals surface area (Å²) in [5.74, 6) is 0.0223. The molecule has 0 N–H and O–H groups in total. The zero-order valence-electron chi connectivity index (χ0n) is 21.6. The van der Waals surface area contributed by atoms with Crippen LogP contribution in [0.5, 0.6) is 0 Å². The molecule has 0 bridgehead atoms. The Labute approximate surface area is 211 Å². The molecule has 1 amide bonds. The number of aryl methyl sites for hydroxylation is 2. The number of benzene rings is 1. The van der Waals surface area contributed by atoms with E-state index in [1.54, 1.807) is 12.1 Å². The molecule has 4 rings (SSSR count). The van der Waals surface area contributed by atoms with Gasteiger partial charge in [0.15, 0.2) is 0 Å². The van der Waals surface area contributed by atoms with Gasteiger partial charge < -0.3 is 4.90 Å². The van der Waals surface area contributed by atoms with E-state index < -0.39 is 11.7 Å². The Morgan fingerprint density at radius 1 is 1.03 bits per heavy atom. The summed E-state index contributed by atoms with van der Waals surface area (Å²) in [5.41, 5.74) is 2.44. The number of likely N-dealkylation sites (tertiary alicyclic amines) is 1. The molecular formula is C27H36F3N5O. The first-order chi connectivity index (χ1) is 17.0. The van der Waals surface area contributed by atoms with Crippen molar-refractivity contribution in [2.24, 2.45) is 0 Å². The second kappa shape index (κ2) is 10.5. The number of rotatable bonds is 5. The molecule has 3 heterocycles. The van der Waals surface area contributed by atoms with E-state index >= 15 is 0 Å². The Kier molecular flexibility index (Phi) is 7.71. The fourth-order valence-electron chi connectivity index (χ4n) is 5.52. The lowest BCUT2D eigenvalue weighted by atomic mass is 9.86. The molecule has 1 atom stereocenters. The molecule has 2 fully saturated rings. The third-order valence-electron chi connectivity index (χ3n) is 8.07. The van der Waals surface area contributed by atoms with Crippen molar-refractivity contribution in [3.05, 3.63) is 58.7 Å². The van der Waals surface area contributed by atoms with Crippen molar-refractivity contribution in [1.29, 1.82) is 0 Å². The van der Waals surface area contributed by atoms with Gasteiger partial charge in [0.05, 0.1) is 22.5 Å². The molecule has 0 saturated carbocycles. The van der Waals surface area contributed by atoms with Gasteiger partial charge in [0.25, 0.3) is 5.91 Å². The number of alkyl halides is 3. The van der Waals surface area contributed by atoms with E-state index in [0.29, 0.717) is 24.7 Å². The number of hydrogen-bond acceptors (Lipinski definition) is 5. The summed E-state index contributed by atoms with van der Waals surface area (Å²) in [6, 6.07) is 5.87. The first-order valence-corrected chi connectivity index (χ1v) is 12.7. The van der Waals surface area contributed by atoms with Crippen LogP contribution in [0, 0.1) is 13.8 Å². The summed E-state index contributed by atoms with van der Waals surface area (Å²) in [6.07, 6.45) is -0.222. The molecule has 1 aromatic heterocycles. The largest absolute Gasteiger partial charge is 0.416 e. The van der Waals surface area contributed by atoms with Crippen LogP contribution < -0.4 is 0 Å². The lowest BCUT2D eigenvalue weighted by molar-refractivity contribution is -0.137. The molecule has 0 spiro atoms. The maximum absolute atomic E-state index is 13.2. The molecule has 2 aliphatic heterocycles. The molecule has 196 valence electrons. The van der Waals surface area contributed by atoms with Crippen molar-refractivity contribution in [2.45, 2.75) is 64.7 Å². The van der Waals surface area contributed by atoms with Gasteiger partial charge in [-0.3, -0.25) is 14.6 Å². The minimum absolute atomic E-state index is 0.0223. The maximum atomic E-state index is 13.2. The Morgan fingerprint density at radius 2 is 1.64 bits per heavy atom. The number of piperazine rings is 1. The van der Waals surface area contributed by atoms with Crippen LogP contribution in [0.25, 0.3) is 0 Å². The molecule has 1 aromatic carbocycles. The van der Waals surface area contributed by atoms with Crippen LogP contribution in [0.15, 0.2) is 30.6 Å². The molecule has 0 radical (unpaired) electrons. The highest BCUT2D eigenvalue weighted by atomic mass is 19.4. The normalized spacial score (nSPS) is 21.5. The average molecular weight is 504 g/mol. The Hall–Kier alpha value is -2.52. The summed E-state index contributed by atoms with van der Waals surface area (Å²) in [4.78, 5) is 28.5. The number of aromatic nitrogens is 2. The van der Waals surface area contributed by atoms with Gasteiger partial charge in [0, 0.05) is 50.8 Å². The fraction of sp³-hybridized carbons (Fsp3) is 0.593. The van der Waals surface area contributed by atoms with Gasteiger partial charge in [-0.05, 0) is 64.7 Å². The summed E-state index contributed by atoms with van der Waals surface area (Å²) in [7, 11) is 0. The van der Waals surface area contributed by atoms with E-state index in [4.69, 9.17) is 0 Å². The number of piperidine rings is 1. The Balaban J connectivity index is 1.29. The number of carbonyl (C=O) groups excluding carboxylic acids is 1. The first kappa shape index (κ1) is 26.5. The van der Waals surface area contributed by atoms with Gasteiger partial charge >= 0.3 is 6.18 Å². The molecule has 2 aliphatic rings. The molecule has 2 saturated heterocycles. The van der Waals surface area contributed by atoms with Crippen LogP contribution in [-0.4, -0.2) is 81.4 Å². The van der Waals surface area contributed by atoms with Crippen LogP contribution in [-0.2, 0) is 12.6 Å². The van der Waals surface area contributed by atoms with E-state index in [9.17, 15) is 18.0 Å². The third kappa shape index (κ3) is 5.72. The van der Waals surface area contributed by atoms with Gasteiger partial charge in [-0.2, -0.15) is 13.2 Å².